The number of methoxy groups -OCH3 is 1. The molecule has 10 heteroatoms. The van der Waals surface area contributed by atoms with Crippen molar-refractivity contribution in [1.82, 2.24) is 4.90 Å². The highest BCUT2D eigenvalue weighted by Crippen LogP contribution is 2.39. The predicted octanol–water partition coefficient (Wildman–Crippen LogP) is 7.68. The Hall–Kier alpha value is -4.41. The topological polar surface area (TPSA) is 88.4 Å². The van der Waals surface area contributed by atoms with Gasteiger partial charge in [0.15, 0.2) is 16.7 Å². The van der Waals surface area contributed by atoms with E-state index in [1.165, 1.54) is 37.1 Å². The molecule has 0 spiro atoms. The molecule has 4 aromatic rings. The molecule has 0 bridgehead atoms. The normalized spacial score (nSPS) is 14.9. The van der Waals surface area contributed by atoms with E-state index in [1.807, 2.05) is 30.3 Å². The molecule has 0 unspecified atom stereocenters. The van der Waals surface area contributed by atoms with Crippen molar-refractivity contribution in [2.75, 3.05) is 7.11 Å². The van der Waals surface area contributed by atoms with E-state index in [-0.39, 0.29) is 30.4 Å². The fourth-order valence-corrected chi connectivity index (χ4v) is 5.55. The van der Waals surface area contributed by atoms with Gasteiger partial charge in [0.05, 0.1) is 29.8 Å². The van der Waals surface area contributed by atoms with Crippen LogP contribution in [0.15, 0.2) is 105 Å². The molecule has 1 aliphatic rings. The Morgan fingerprint density at radius 1 is 1.02 bits per heavy atom. The second-order valence-electron chi connectivity index (χ2n) is 9.14. The minimum Gasteiger partial charge on any atom is -0.493 e. The van der Waals surface area contributed by atoms with Gasteiger partial charge in [0.1, 0.15) is 12.4 Å². The van der Waals surface area contributed by atoms with Crippen LogP contribution in [-0.4, -0.2) is 34.2 Å². The van der Waals surface area contributed by atoms with Crippen LogP contribution in [0.4, 0.5) is 10.1 Å². The van der Waals surface area contributed by atoms with Crippen molar-refractivity contribution in [3.63, 3.8) is 0 Å². The lowest BCUT2D eigenvalue weighted by molar-refractivity contribution is -0.122. The smallest absolute Gasteiger partial charge is 0.335 e. The summed E-state index contributed by atoms with van der Waals surface area (Å²) in [6.45, 7) is 0.230. The highest BCUT2D eigenvalue weighted by molar-refractivity contribution is 9.10. The number of aromatic carboxylic acids is 1. The maximum atomic E-state index is 14.1. The van der Waals surface area contributed by atoms with Crippen molar-refractivity contribution < 1.29 is 28.6 Å². The molecule has 1 saturated heterocycles. The number of hydrogen-bond donors (Lipinski definition) is 1. The Kier molecular flexibility index (Phi) is 9.04. The zero-order valence-corrected chi connectivity index (χ0v) is 24.7. The molecule has 0 radical (unpaired) electrons. The number of carbonyl (C=O) groups excluding carboxylic acids is 1. The van der Waals surface area contributed by atoms with Gasteiger partial charge in [-0.3, -0.25) is 9.69 Å². The van der Waals surface area contributed by atoms with E-state index in [0.29, 0.717) is 42.9 Å². The first-order valence-electron chi connectivity index (χ1n) is 12.7. The van der Waals surface area contributed by atoms with E-state index in [4.69, 9.17) is 14.5 Å². The molecule has 1 fully saturated rings. The number of halogens is 2. The van der Waals surface area contributed by atoms with Crippen molar-refractivity contribution in [2.45, 2.75) is 13.2 Å². The molecule has 1 heterocycles. The second-order valence-corrected chi connectivity index (χ2v) is 11.0. The molecule has 0 aromatic heterocycles. The van der Waals surface area contributed by atoms with Crippen molar-refractivity contribution in [1.29, 1.82) is 0 Å². The average molecular weight is 648 g/mol. The number of para-hydroxylation sites is 1. The Balaban J connectivity index is 1.44. The molecule has 0 saturated carbocycles. The van der Waals surface area contributed by atoms with Crippen LogP contribution in [-0.2, 0) is 17.9 Å². The SMILES string of the molecule is COc1cc(/C=C2\SC(=Nc3ccccc3)N(Cc3ccc(C(=O)O)cc3)C2=O)c(Br)cc1OCc1ccccc1F. The average Bonchev–Trinajstić information content (AvgIpc) is 3.27. The maximum absolute atomic E-state index is 14.1. The van der Waals surface area contributed by atoms with Gasteiger partial charge in [0, 0.05) is 10.0 Å². The number of thioether (sulfide) groups is 1. The fourth-order valence-electron chi connectivity index (χ4n) is 4.13. The van der Waals surface area contributed by atoms with Crippen molar-refractivity contribution in [3.05, 3.63) is 128 Å². The third-order valence-corrected chi connectivity index (χ3v) is 8.01. The van der Waals surface area contributed by atoms with Crippen LogP contribution in [0.25, 0.3) is 6.08 Å². The van der Waals surface area contributed by atoms with Crippen LogP contribution in [0, 0.1) is 5.82 Å². The minimum atomic E-state index is -1.02. The molecule has 212 valence electrons. The summed E-state index contributed by atoms with van der Waals surface area (Å²) in [4.78, 5) is 31.7. The molecule has 1 N–H and O–H groups in total. The van der Waals surface area contributed by atoms with E-state index in [9.17, 15) is 19.1 Å². The number of aliphatic imine (C=N–C) groups is 1. The molecule has 1 amide bonds. The summed E-state index contributed by atoms with van der Waals surface area (Å²) in [5, 5.41) is 9.72. The van der Waals surface area contributed by atoms with Gasteiger partial charge in [-0.1, -0.05) is 64.5 Å². The van der Waals surface area contributed by atoms with Crippen LogP contribution in [0.5, 0.6) is 11.5 Å². The zero-order chi connectivity index (χ0) is 29.6. The number of hydrogen-bond acceptors (Lipinski definition) is 6. The number of nitrogens with zero attached hydrogens (tertiary/aromatic N) is 2. The van der Waals surface area contributed by atoms with Crippen molar-refractivity contribution >= 4 is 56.5 Å². The Bertz CT molecular complexity index is 1690. The first-order valence-corrected chi connectivity index (χ1v) is 14.3. The minimum absolute atomic E-state index is 0.0198. The Labute approximate surface area is 254 Å². The number of carboxylic acid groups (broad SMARTS) is 1. The number of ether oxygens (including phenoxy) is 2. The molecular weight excluding hydrogens is 623 g/mol. The predicted molar refractivity (Wildman–Crippen MR) is 164 cm³/mol. The van der Waals surface area contributed by atoms with Crippen molar-refractivity contribution in [3.8, 4) is 11.5 Å². The van der Waals surface area contributed by atoms with E-state index in [1.54, 1.807) is 53.4 Å². The number of benzene rings is 4. The van der Waals surface area contributed by atoms with Gasteiger partial charge < -0.3 is 14.6 Å². The van der Waals surface area contributed by atoms with E-state index in [0.717, 1.165) is 5.56 Å². The molecule has 7 nitrogen and oxygen atoms in total. The number of amides is 1. The van der Waals surface area contributed by atoms with Gasteiger partial charge >= 0.3 is 5.97 Å². The lowest BCUT2D eigenvalue weighted by Gasteiger charge is -2.16. The second kappa shape index (κ2) is 13.1. The highest BCUT2D eigenvalue weighted by atomic mass is 79.9. The van der Waals surface area contributed by atoms with E-state index >= 15 is 0 Å². The number of carboxylic acids is 1. The lowest BCUT2D eigenvalue weighted by Crippen LogP contribution is -2.28. The van der Waals surface area contributed by atoms with Crippen LogP contribution >= 0.6 is 27.7 Å². The van der Waals surface area contributed by atoms with Crippen LogP contribution in [0.1, 0.15) is 27.0 Å². The summed E-state index contributed by atoms with van der Waals surface area (Å²) in [7, 11) is 1.51. The summed E-state index contributed by atoms with van der Waals surface area (Å²) >= 11 is 4.81. The monoisotopic (exact) mass is 646 g/mol. The molecule has 0 atom stereocenters. The highest BCUT2D eigenvalue weighted by Gasteiger charge is 2.34. The molecular formula is C32H24BrFN2O5S. The molecule has 0 aliphatic carbocycles. The van der Waals surface area contributed by atoms with Crippen LogP contribution in [0.2, 0.25) is 0 Å². The van der Waals surface area contributed by atoms with Crippen molar-refractivity contribution in [2.24, 2.45) is 4.99 Å². The van der Waals surface area contributed by atoms with Gasteiger partial charge in [-0.25, -0.2) is 14.2 Å². The maximum Gasteiger partial charge on any atom is 0.335 e. The quantitative estimate of drug-likeness (QED) is 0.188. The summed E-state index contributed by atoms with van der Waals surface area (Å²) in [6.07, 6.45) is 1.74. The number of rotatable bonds is 9. The molecule has 5 rings (SSSR count). The molecule has 42 heavy (non-hydrogen) atoms. The fraction of sp³-hybridized carbons (Fsp3) is 0.0938. The Morgan fingerprint density at radius 2 is 1.74 bits per heavy atom. The van der Waals surface area contributed by atoms with Gasteiger partial charge in [-0.05, 0) is 71.4 Å². The Morgan fingerprint density at radius 3 is 2.43 bits per heavy atom. The third kappa shape index (κ3) is 6.72. The lowest BCUT2D eigenvalue weighted by atomic mass is 10.1. The molecule has 1 aliphatic heterocycles. The van der Waals surface area contributed by atoms with Crippen LogP contribution in [0.3, 0.4) is 0 Å². The van der Waals surface area contributed by atoms with E-state index < -0.39 is 5.97 Å². The van der Waals surface area contributed by atoms with Crippen LogP contribution < -0.4 is 9.47 Å². The molecule has 4 aromatic carbocycles. The summed E-state index contributed by atoms with van der Waals surface area (Å²) < 4.78 is 26.1. The first kappa shape index (κ1) is 29.1. The summed E-state index contributed by atoms with van der Waals surface area (Å²) in [6, 6.07) is 25.6. The number of carbonyl (C=O) groups is 2. The van der Waals surface area contributed by atoms with Gasteiger partial charge in [0.25, 0.3) is 5.91 Å². The van der Waals surface area contributed by atoms with Gasteiger partial charge in [-0.2, -0.15) is 0 Å². The largest absolute Gasteiger partial charge is 0.493 e. The summed E-state index contributed by atoms with van der Waals surface area (Å²) in [5.74, 6) is -0.786. The zero-order valence-electron chi connectivity index (χ0n) is 22.3. The first-order chi connectivity index (χ1) is 20.3. The van der Waals surface area contributed by atoms with Gasteiger partial charge in [0.2, 0.25) is 0 Å². The standard InChI is InChI=1S/C32H24BrFN2O5S/c1-40-27-15-23(25(33)17-28(27)41-19-22-7-5-6-10-26(22)34)16-29-30(37)36(18-20-11-13-21(14-12-20)31(38)39)32(42-29)35-24-8-3-2-4-9-24/h2-17H,18-19H2,1H3,(H,38,39)/b29-16-,35-32?. The van der Waals surface area contributed by atoms with Gasteiger partial charge in [-0.15, -0.1) is 0 Å². The van der Waals surface area contributed by atoms with E-state index in [2.05, 4.69) is 15.9 Å². The third-order valence-electron chi connectivity index (χ3n) is 6.32. The number of amidine groups is 1. The summed E-state index contributed by atoms with van der Waals surface area (Å²) in [5.41, 5.74) is 2.71.